The lowest BCUT2D eigenvalue weighted by Crippen LogP contribution is -2.38. The van der Waals surface area contributed by atoms with Gasteiger partial charge in [0.1, 0.15) is 18.2 Å². The van der Waals surface area contributed by atoms with Gasteiger partial charge in [0.15, 0.2) is 0 Å². The predicted octanol–water partition coefficient (Wildman–Crippen LogP) is 2.62. The molecule has 0 bridgehead atoms. The van der Waals surface area contributed by atoms with Crippen LogP contribution in [0.15, 0.2) is 59.9 Å². The molecule has 9 heteroatoms. The van der Waals surface area contributed by atoms with Gasteiger partial charge in [-0.15, -0.1) is 0 Å². The number of ether oxygens (including phenoxy) is 3. The van der Waals surface area contributed by atoms with E-state index in [0.717, 1.165) is 16.5 Å². The number of hydrogen-bond acceptors (Lipinski definition) is 7. The van der Waals surface area contributed by atoms with Gasteiger partial charge in [0.05, 0.1) is 44.7 Å². The van der Waals surface area contributed by atoms with Crippen molar-refractivity contribution in [1.29, 1.82) is 0 Å². The van der Waals surface area contributed by atoms with Crippen molar-refractivity contribution in [2.75, 3.05) is 32.5 Å². The van der Waals surface area contributed by atoms with Crippen LogP contribution in [-0.2, 0) is 30.3 Å². The lowest BCUT2D eigenvalue weighted by Gasteiger charge is -2.31. The van der Waals surface area contributed by atoms with E-state index in [0.29, 0.717) is 12.2 Å². The number of hydrogen-bond donors (Lipinski definition) is 0. The molecule has 0 atom stereocenters. The molecule has 1 aromatic heterocycles. The minimum absolute atomic E-state index is 0.0541. The van der Waals surface area contributed by atoms with Crippen LogP contribution in [0, 0.1) is 5.82 Å². The largest absolute Gasteiger partial charge is 0.466 e. The average molecular weight is 425 g/mol. The fraction of sp³-hybridized carbons (Fsp3) is 0.227. The van der Waals surface area contributed by atoms with Crippen molar-refractivity contribution in [3.05, 3.63) is 71.3 Å². The van der Waals surface area contributed by atoms with Crippen LogP contribution in [0.25, 0.3) is 10.9 Å². The summed E-state index contributed by atoms with van der Waals surface area (Å²) in [6.45, 7) is 0.419. The first kappa shape index (κ1) is 20.5. The maximum Gasteiger partial charge on any atom is 0.355 e. The highest BCUT2D eigenvalue weighted by molar-refractivity contribution is 6.03. The quantitative estimate of drug-likeness (QED) is 0.581. The van der Waals surface area contributed by atoms with E-state index in [1.54, 1.807) is 27.9 Å². The summed E-state index contributed by atoms with van der Waals surface area (Å²) in [5.41, 5.74) is 2.41. The Bertz CT molecular complexity index is 1190. The summed E-state index contributed by atoms with van der Waals surface area (Å²) in [5, 5.41) is 5.21. The summed E-state index contributed by atoms with van der Waals surface area (Å²) in [5.74, 6) is -1.62. The summed E-state index contributed by atoms with van der Waals surface area (Å²) in [6.07, 6.45) is 1.69. The van der Waals surface area contributed by atoms with Gasteiger partial charge >= 0.3 is 11.9 Å². The number of halogens is 1. The lowest BCUT2D eigenvalue weighted by atomic mass is 10.1. The number of methoxy groups -OCH3 is 2. The Morgan fingerprint density at radius 1 is 1.13 bits per heavy atom. The summed E-state index contributed by atoms with van der Waals surface area (Å²) in [7, 11) is 2.49. The Kier molecular flexibility index (Phi) is 5.68. The van der Waals surface area contributed by atoms with Crippen LogP contribution >= 0.6 is 0 Å². The zero-order chi connectivity index (χ0) is 22.0. The maximum atomic E-state index is 13.5. The van der Waals surface area contributed by atoms with Crippen LogP contribution < -0.4 is 4.90 Å². The van der Waals surface area contributed by atoms with Crippen LogP contribution in [0.2, 0.25) is 0 Å². The molecule has 2 aromatic carbocycles. The second kappa shape index (κ2) is 8.57. The molecule has 0 saturated carbocycles. The predicted molar refractivity (Wildman–Crippen MR) is 110 cm³/mol. The number of carbonyl (C=O) groups excluding carboxylic acids is 2. The van der Waals surface area contributed by atoms with Gasteiger partial charge in [0, 0.05) is 11.1 Å². The first-order chi connectivity index (χ1) is 15.0. The molecule has 1 aliphatic rings. The first-order valence-electron chi connectivity index (χ1n) is 9.47. The summed E-state index contributed by atoms with van der Waals surface area (Å²) in [4.78, 5) is 26.2. The molecule has 0 saturated heterocycles. The Balaban J connectivity index is 1.71. The Labute approximate surface area is 177 Å². The van der Waals surface area contributed by atoms with Gasteiger partial charge in [0.25, 0.3) is 0 Å². The fourth-order valence-electron chi connectivity index (χ4n) is 3.52. The molecule has 3 aromatic rings. The normalized spacial score (nSPS) is 14.1. The number of rotatable bonds is 5. The molecule has 8 nitrogen and oxygen atoms in total. The van der Waals surface area contributed by atoms with Crippen molar-refractivity contribution >= 4 is 28.5 Å². The van der Waals surface area contributed by atoms with E-state index in [1.807, 2.05) is 18.2 Å². The molecule has 2 heterocycles. The third-order valence-electron chi connectivity index (χ3n) is 4.99. The van der Waals surface area contributed by atoms with Crippen molar-refractivity contribution < 1.29 is 28.2 Å². The van der Waals surface area contributed by atoms with Crippen molar-refractivity contribution in [1.82, 2.24) is 9.78 Å². The van der Waals surface area contributed by atoms with Crippen molar-refractivity contribution in [2.45, 2.75) is 6.54 Å². The van der Waals surface area contributed by atoms with E-state index < -0.39 is 11.9 Å². The molecule has 31 heavy (non-hydrogen) atoms. The van der Waals surface area contributed by atoms with Gasteiger partial charge in [-0.25, -0.2) is 14.0 Å². The smallest absolute Gasteiger partial charge is 0.355 e. The molecular formula is C22H20FN3O5. The lowest BCUT2D eigenvalue weighted by molar-refractivity contribution is -0.140. The third kappa shape index (κ3) is 3.99. The number of esters is 2. The average Bonchev–Trinajstić information content (AvgIpc) is 3.19. The summed E-state index contributed by atoms with van der Waals surface area (Å²) in [6, 6.07) is 11.8. The van der Waals surface area contributed by atoms with Crippen molar-refractivity contribution in [3.63, 3.8) is 0 Å². The maximum absolute atomic E-state index is 13.5. The number of fused-ring (bicyclic) bond motifs is 1. The molecule has 0 aliphatic carbocycles. The minimum Gasteiger partial charge on any atom is -0.466 e. The molecule has 160 valence electrons. The highest BCUT2D eigenvalue weighted by atomic mass is 19.1. The number of carbonyl (C=O) groups is 2. The fourth-order valence-corrected chi connectivity index (χ4v) is 3.52. The molecular weight excluding hydrogens is 405 g/mol. The number of benzene rings is 2. The van der Waals surface area contributed by atoms with Crippen molar-refractivity contribution in [3.8, 4) is 0 Å². The van der Waals surface area contributed by atoms with Crippen LogP contribution in [-0.4, -0.2) is 49.3 Å². The Hall–Kier alpha value is -3.72. The number of nitrogens with zero attached hydrogens (tertiary/aromatic N) is 3. The number of aromatic nitrogens is 2. The van der Waals surface area contributed by atoms with Crippen molar-refractivity contribution in [2.24, 2.45) is 0 Å². The van der Waals surface area contributed by atoms with E-state index >= 15 is 0 Å². The van der Waals surface area contributed by atoms with Crippen LogP contribution in [0.4, 0.5) is 10.1 Å². The van der Waals surface area contributed by atoms with Gasteiger partial charge in [-0.1, -0.05) is 12.1 Å². The van der Waals surface area contributed by atoms with Gasteiger partial charge in [-0.3, -0.25) is 4.68 Å². The van der Waals surface area contributed by atoms with Gasteiger partial charge in [-0.05, 0) is 35.9 Å². The first-order valence-corrected chi connectivity index (χ1v) is 9.47. The standard InChI is InChI=1S/C22H20FN3O5/c1-29-21(27)18-12-31-13-25(20(18)22(28)30-2)17-6-7-19-15(9-17)10-24-26(19)11-14-4-3-5-16(23)8-14/h3-10H,11-13H2,1-2H3. The third-order valence-corrected chi connectivity index (χ3v) is 4.99. The molecule has 0 N–H and O–H groups in total. The molecule has 0 radical (unpaired) electrons. The minimum atomic E-state index is -0.661. The monoisotopic (exact) mass is 425 g/mol. The molecule has 0 spiro atoms. The van der Waals surface area contributed by atoms with Gasteiger partial charge in [-0.2, -0.15) is 5.10 Å². The molecule has 1 aliphatic heterocycles. The van der Waals surface area contributed by atoms with E-state index in [1.165, 1.54) is 26.4 Å². The highest BCUT2D eigenvalue weighted by Crippen LogP contribution is 2.29. The van der Waals surface area contributed by atoms with Crippen LogP contribution in [0.3, 0.4) is 0 Å². The zero-order valence-corrected chi connectivity index (χ0v) is 17.0. The molecule has 0 fully saturated rings. The second-order valence-electron chi connectivity index (χ2n) is 6.89. The van der Waals surface area contributed by atoms with Gasteiger partial charge < -0.3 is 19.1 Å². The zero-order valence-electron chi connectivity index (χ0n) is 17.0. The topological polar surface area (TPSA) is 82.9 Å². The Morgan fingerprint density at radius 3 is 2.68 bits per heavy atom. The van der Waals surface area contributed by atoms with Gasteiger partial charge in [0.2, 0.25) is 0 Å². The Morgan fingerprint density at radius 2 is 1.94 bits per heavy atom. The van der Waals surface area contributed by atoms with E-state index in [2.05, 4.69) is 5.10 Å². The SMILES string of the molecule is COC(=O)C1=C(C(=O)OC)N(c2ccc3c(cnn3Cc3cccc(F)c3)c2)COC1. The molecule has 4 rings (SSSR count). The summed E-state index contributed by atoms with van der Waals surface area (Å²) < 4.78 is 30.4. The highest BCUT2D eigenvalue weighted by Gasteiger charge is 2.32. The van der Waals surface area contributed by atoms with E-state index in [4.69, 9.17) is 14.2 Å². The second-order valence-corrected chi connectivity index (χ2v) is 6.89. The van der Waals surface area contributed by atoms with Crippen LogP contribution in [0.5, 0.6) is 0 Å². The summed E-state index contributed by atoms with van der Waals surface area (Å²) >= 11 is 0. The van der Waals surface area contributed by atoms with Crippen LogP contribution in [0.1, 0.15) is 5.56 Å². The molecule has 0 amide bonds. The van der Waals surface area contributed by atoms with E-state index in [9.17, 15) is 14.0 Å². The molecule has 0 unspecified atom stereocenters. The number of anilines is 1. The van der Waals surface area contributed by atoms with E-state index in [-0.39, 0.29) is 30.4 Å².